The number of aromatic nitrogens is 2. The molecule has 5 nitrogen and oxygen atoms in total. The van der Waals surface area contributed by atoms with Crippen LogP contribution >= 0.6 is 0 Å². The molecule has 2 aromatic rings. The molecule has 0 saturated heterocycles. The number of hydrogen-bond acceptors (Lipinski definition) is 4. The van der Waals surface area contributed by atoms with Crippen molar-refractivity contribution >= 4 is 11.6 Å². The molecule has 170 valence electrons. The quantitative estimate of drug-likeness (QED) is 0.750. The summed E-state index contributed by atoms with van der Waals surface area (Å²) in [5.41, 5.74) is 0.832. The van der Waals surface area contributed by atoms with Crippen molar-refractivity contribution in [3.63, 3.8) is 0 Å². The van der Waals surface area contributed by atoms with Crippen molar-refractivity contribution in [2.75, 3.05) is 0 Å². The zero-order chi connectivity index (χ0) is 22.2. The van der Waals surface area contributed by atoms with Crippen LogP contribution in [0.3, 0.4) is 0 Å². The van der Waals surface area contributed by atoms with E-state index in [0.29, 0.717) is 24.7 Å². The van der Waals surface area contributed by atoms with E-state index in [4.69, 9.17) is 9.98 Å². The SMILES string of the molecule is C=C(c1c(F)cccc1F)c1nc2c(n1C1CCC(O)CC1)=NC(NC1CCCC1)CC=2. The molecule has 2 saturated carbocycles. The number of halogens is 2. The summed E-state index contributed by atoms with van der Waals surface area (Å²) < 4.78 is 31.2. The van der Waals surface area contributed by atoms with Crippen molar-refractivity contribution in [3.8, 4) is 0 Å². The molecule has 32 heavy (non-hydrogen) atoms. The first-order valence-electron chi connectivity index (χ1n) is 11.8. The van der Waals surface area contributed by atoms with Crippen LogP contribution in [0.2, 0.25) is 0 Å². The normalized spacial score (nSPS) is 25.8. The molecule has 2 N–H and O–H groups in total. The smallest absolute Gasteiger partial charge is 0.157 e. The molecule has 1 aromatic heterocycles. The molecule has 7 heteroatoms. The van der Waals surface area contributed by atoms with E-state index in [0.717, 1.165) is 30.1 Å². The predicted octanol–water partition coefficient (Wildman–Crippen LogP) is 3.36. The van der Waals surface area contributed by atoms with Gasteiger partial charge in [-0.3, -0.25) is 5.32 Å². The second kappa shape index (κ2) is 8.87. The maximum Gasteiger partial charge on any atom is 0.157 e. The molecule has 1 aliphatic heterocycles. The number of nitrogens with zero attached hydrogens (tertiary/aromatic N) is 3. The molecule has 2 fully saturated rings. The van der Waals surface area contributed by atoms with Crippen molar-refractivity contribution < 1.29 is 13.9 Å². The minimum Gasteiger partial charge on any atom is -0.393 e. The molecule has 0 bridgehead atoms. The summed E-state index contributed by atoms with van der Waals surface area (Å²) in [5.74, 6) is -0.839. The Morgan fingerprint density at radius 1 is 1.06 bits per heavy atom. The number of benzene rings is 1. The Morgan fingerprint density at radius 2 is 1.75 bits per heavy atom. The third-order valence-electron chi connectivity index (χ3n) is 7.07. The molecule has 0 amide bonds. The highest BCUT2D eigenvalue weighted by molar-refractivity contribution is 5.75. The van der Waals surface area contributed by atoms with Gasteiger partial charge in [0.1, 0.15) is 29.0 Å². The van der Waals surface area contributed by atoms with Crippen molar-refractivity contribution in [3.05, 3.63) is 58.6 Å². The van der Waals surface area contributed by atoms with Gasteiger partial charge in [-0.05, 0) is 50.7 Å². The zero-order valence-corrected chi connectivity index (χ0v) is 18.2. The number of imidazole rings is 1. The molecule has 1 aromatic carbocycles. The van der Waals surface area contributed by atoms with Crippen LogP contribution in [0.15, 0.2) is 29.8 Å². The van der Waals surface area contributed by atoms with Crippen molar-refractivity contribution in [2.24, 2.45) is 4.99 Å². The second-order valence-electron chi connectivity index (χ2n) is 9.28. The Kier molecular flexibility index (Phi) is 5.95. The van der Waals surface area contributed by atoms with Crippen LogP contribution in [0.25, 0.3) is 11.6 Å². The van der Waals surface area contributed by atoms with Gasteiger partial charge in [-0.15, -0.1) is 0 Å². The van der Waals surface area contributed by atoms with Gasteiger partial charge in [-0.2, -0.15) is 0 Å². The first-order valence-corrected chi connectivity index (χ1v) is 11.8. The van der Waals surface area contributed by atoms with Gasteiger partial charge in [0.05, 0.1) is 11.7 Å². The van der Waals surface area contributed by atoms with E-state index in [1.165, 1.54) is 43.9 Å². The lowest BCUT2D eigenvalue weighted by Gasteiger charge is -2.28. The summed E-state index contributed by atoms with van der Waals surface area (Å²) in [7, 11) is 0. The van der Waals surface area contributed by atoms with Crippen molar-refractivity contribution in [1.29, 1.82) is 0 Å². The highest BCUT2D eigenvalue weighted by Crippen LogP contribution is 2.32. The minimum absolute atomic E-state index is 0.0263. The van der Waals surface area contributed by atoms with Crippen LogP contribution in [0.1, 0.15) is 75.2 Å². The van der Waals surface area contributed by atoms with E-state index >= 15 is 0 Å². The molecule has 5 rings (SSSR count). The molecule has 0 spiro atoms. The Hall–Kier alpha value is -2.38. The first kappa shape index (κ1) is 21.5. The lowest BCUT2D eigenvalue weighted by Crippen LogP contribution is -2.44. The van der Waals surface area contributed by atoms with E-state index in [1.807, 2.05) is 4.57 Å². The van der Waals surface area contributed by atoms with Gasteiger partial charge in [0.15, 0.2) is 5.49 Å². The number of nitrogens with one attached hydrogen (secondary N) is 1. The fourth-order valence-corrected chi connectivity index (χ4v) is 5.37. The summed E-state index contributed by atoms with van der Waals surface area (Å²) in [6.07, 6.45) is 10.2. The van der Waals surface area contributed by atoms with E-state index < -0.39 is 11.6 Å². The molecule has 1 atom stereocenters. The van der Waals surface area contributed by atoms with E-state index in [2.05, 4.69) is 18.0 Å². The lowest BCUT2D eigenvalue weighted by atomic mass is 9.92. The first-order chi connectivity index (χ1) is 15.5. The number of aliphatic hydroxyl groups excluding tert-OH is 1. The summed E-state index contributed by atoms with van der Waals surface area (Å²) in [4.78, 5) is 9.77. The fraction of sp³-hybridized carbons (Fsp3) is 0.520. The summed E-state index contributed by atoms with van der Waals surface area (Å²) in [6.45, 7) is 4.05. The summed E-state index contributed by atoms with van der Waals surface area (Å²) >= 11 is 0. The van der Waals surface area contributed by atoms with Gasteiger partial charge in [-0.25, -0.2) is 18.8 Å². The Labute approximate surface area is 186 Å². The Morgan fingerprint density at radius 3 is 2.44 bits per heavy atom. The molecular formula is C25H30F2N4O. The summed E-state index contributed by atoms with van der Waals surface area (Å²) in [6, 6.07) is 4.38. The second-order valence-corrected chi connectivity index (χ2v) is 9.28. The number of aliphatic hydroxyl groups is 1. The highest BCUT2D eigenvalue weighted by atomic mass is 19.1. The minimum atomic E-state index is -0.650. The monoisotopic (exact) mass is 440 g/mol. The molecule has 2 aliphatic carbocycles. The van der Waals surface area contributed by atoms with Crippen LogP contribution < -0.4 is 16.2 Å². The lowest BCUT2D eigenvalue weighted by molar-refractivity contribution is 0.109. The standard InChI is InChI=1S/C25H30F2N4O/c1-15(23-19(26)7-4-8-20(23)27)24-29-21-13-14-22(28-16-5-2-3-6-16)30-25(21)31(24)17-9-11-18(32)12-10-17/h4,7-8,13,16-18,22,28,32H,1-3,5-6,9-12,14H2. The topological polar surface area (TPSA) is 62.4 Å². The highest BCUT2D eigenvalue weighted by Gasteiger charge is 2.29. The average Bonchev–Trinajstić information content (AvgIpc) is 3.42. The van der Waals surface area contributed by atoms with Crippen LogP contribution in [-0.4, -0.2) is 33.0 Å². The predicted molar refractivity (Wildman–Crippen MR) is 119 cm³/mol. The molecule has 0 radical (unpaired) electrons. The number of hydrogen-bond donors (Lipinski definition) is 2. The van der Waals surface area contributed by atoms with Crippen LogP contribution in [-0.2, 0) is 0 Å². The van der Waals surface area contributed by atoms with Gasteiger partial charge < -0.3 is 9.67 Å². The number of rotatable bonds is 5. The van der Waals surface area contributed by atoms with Gasteiger partial charge in [-0.1, -0.05) is 31.6 Å². The van der Waals surface area contributed by atoms with Gasteiger partial charge in [0, 0.05) is 24.1 Å². The van der Waals surface area contributed by atoms with Crippen LogP contribution in [0.5, 0.6) is 0 Å². The zero-order valence-electron chi connectivity index (χ0n) is 18.2. The average molecular weight is 441 g/mol. The van der Waals surface area contributed by atoms with Crippen LogP contribution in [0, 0.1) is 11.6 Å². The Bertz CT molecular complexity index is 1110. The van der Waals surface area contributed by atoms with Crippen LogP contribution in [0.4, 0.5) is 8.78 Å². The number of fused-ring (bicyclic) bond motifs is 1. The Balaban J connectivity index is 1.59. The molecule has 1 unspecified atom stereocenters. The molecule has 2 heterocycles. The van der Waals surface area contributed by atoms with Gasteiger partial charge in [0.2, 0.25) is 0 Å². The van der Waals surface area contributed by atoms with Crippen molar-refractivity contribution in [1.82, 2.24) is 14.9 Å². The third-order valence-corrected chi connectivity index (χ3v) is 7.07. The van der Waals surface area contributed by atoms with E-state index in [9.17, 15) is 13.9 Å². The fourth-order valence-electron chi connectivity index (χ4n) is 5.37. The van der Waals surface area contributed by atoms with Crippen molar-refractivity contribution in [2.45, 2.75) is 82.1 Å². The summed E-state index contributed by atoms with van der Waals surface area (Å²) in [5, 5.41) is 14.4. The molecule has 3 aliphatic rings. The van der Waals surface area contributed by atoms with Gasteiger partial charge in [0.25, 0.3) is 0 Å². The molecular weight excluding hydrogens is 410 g/mol. The van der Waals surface area contributed by atoms with Gasteiger partial charge >= 0.3 is 0 Å². The maximum atomic E-state index is 14.6. The maximum absolute atomic E-state index is 14.6. The van der Waals surface area contributed by atoms with E-state index in [-0.39, 0.29) is 29.4 Å². The third kappa shape index (κ3) is 4.04. The van der Waals surface area contributed by atoms with E-state index in [1.54, 1.807) is 0 Å². The largest absolute Gasteiger partial charge is 0.393 e.